The number of carboxylic acids is 1. The third-order valence-corrected chi connectivity index (χ3v) is 3.09. The summed E-state index contributed by atoms with van der Waals surface area (Å²) in [6, 6.07) is 2.78. The van der Waals surface area contributed by atoms with Gasteiger partial charge >= 0.3 is 5.97 Å². The maximum Gasteiger partial charge on any atom is 0.303 e. The Bertz CT molecular complexity index is 511. The van der Waals surface area contributed by atoms with Crippen LogP contribution in [0, 0.1) is 13.8 Å². The normalized spacial score (nSPS) is 12.0. The van der Waals surface area contributed by atoms with Crippen molar-refractivity contribution in [2.75, 3.05) is 6.61 Å². The van der Waals surface area contributed by atoms with Crippen molar-refractivity contribution in [3.63, 3.8) is 0 Å². The van der Waals surface area contributed by atoms with Crippen molar-refractivity contribution < 1.29 is 19.4 Å². The summed E-state index contributed by atoms with van der Waals surface area (Å²) in [4.78, 5) is 22.8. The number of carboxylic acid groups (broad SMARTS) is 1. The van der Waals surface area contributed by atoms with Crippen LogP contribution in [-0.2, 0) is 4.79 Å². The van der Waals surface area contributed by atoms with E-state index in [0.717, 1.165) is 16.9 Å². The Kier molecular flexibility index (Phi) is 5.70. The second kappa shape index (κ2) is 7.05. The van der Waals surface area contributed by atoms with E-state index in [1.165, 1.54) is 0 Å². The van der Waals surface area contributed by atoms with Gasteiger partial charge < -0.3 is 15.6 Å². The van der Waals surface area contributed by atoms with Crippen LogP contribution in [0.2, 0.25) is 0 Å². The van der Waals surface area contributed by atoms with Gasteiger partial charge in [0.05, 0.1) is 12.6 Å². The van der Waals surface area contributed by atoms with Gasteiger partial charge in [-0.05, 0) is 50.5 Å². The molecule has 20 heavy (non-hydrogen) atoms. The molecule has 1 rings (SSSR count). The number of ketones is 1. The van der Waals surface area contributed by atoms with Crippen LogP contribution < -0.4 is 10.5 Å². The molecule has 0 bridgehead atoms. The van der Waals surface area contributed by atoms with Crippen molar-refractivity contribution in [1.29, 1.82) is 0 Å². The lowest BCUT2D eigenvalue weighted by Gasteiger charge is -2.14. The number of ether oxygens (including phenoxy) is 1. The zero-order chi connectivity index (χ0) is 15.3. The highest BCUT2D eigenvalue weighted by atomic mass is 16.5. The van der Waals surface area contributed by atoms with Crippen molar-refractivity contribution in [3.05, 3.63) is 28.8 Å². The molecule has 1 atom stereocenters. The van der Waals surface area contributed by atoms with Crippen LogP contribution in [0.3, 0.4) is 0 Å². The summed E-state index contributed by atoms with van der Waals surface area (Å²) in [7, 11) is 0. The summed E-state index contributed by atoms with van der Waals surface area (Å²) in [5, 5.41) is 8.63. The lowest BCUT2D eigenvalue weighted by Crippen LogP contribution is -2.31. The fraction of sp³-hybridized carbons (Fsp3) is 0.467. The quantitative estimate of drug-likeness (QED) is 0.746. The van der Waals surface area contributed by atoms with Crippen molar-refractivity contribution in [2.45, 2.75) is 39.7 Å². The number of aliphatic carboxylic acids is 1. The van der Waals surface area contributed by atoms with Gasteiger partial charge in [0.2, 0.25) is 0 Å². The van der Waals surface area contributed by atoms with Gasteiger partial charge in [-0.2, -0.15) is 0 Å². The minimum Gasteiger partial charge on any atom is -0.494 e. The largest absolute Gasteiger partial charge is 0.494 e. The Morgan fingerprint density at radius 2 is 1.95 bits per heavy atom. The van der Waals surface area contributed by atoms with Gasteiger partial charge in [-0.25, -0.2) is 0 Å². The molecule has 1 aromatic rings. The summed E-state index contributed by atoms with van der Waals surface area (Å²) < 4.78 is 5.47. The van der Waals surface area contributed by atoms with Crippen LogP contribution in [0.1, 0.15) is 41.3 Å². The predicted molar refractivity (Wildman–Crippen MR) is 76.3 cm³/mol. The van der Waals surface area contributed by atoms with Crippen LogP contribution in [0.25, 0.3) is 0 Å². The first-order valence-corrected chi connectivity index (χ1v) is 6.62. The minimum atomic E-state index is -0.951. The Morgan fingerprint density at radius 3 is 2.50 bits per heavy atom. The van der Waals surface area contributed by atoms with Crippen molar-refractivity contribution >= 4 is 11.8 Å². The second-order valence-electron chi connectivity index (χ2n) is 4.77. The van der Waals surface area contributed by atoms with Crippen LogP contribution in [0.15, 0.2) is 12.1 Å². The maximum atomic E-state index is 12.2. The zero-order valence-electron chi connectivity index (χ0n) is 12.1. The molecule has 0 aliphatic carbocycles. The molecule has 3 N–H and O–H groups in total. The molecule has 0 amide bonds. The van der Waals surface area contributed by atoms with Gasteiger partial charge in [-0.1, -0.05) is 0 Å². The molecule has 0 aliphatic heterocycles. The number of aryl methyl sites for hydroxylation is 2. The summed E-state index contributed by atoms with van der Waals surface area (Å²) >= 11 is 0. The smallest absolute Gasteiger partial charge is 0.303 e. The molecule has 5 nitrogen and oxygen atoms in total. The summed E-state index contributed by atoms with van der Waals surface area (Å²) in [5.41, 5.74) is 7.95. The molecule has 0 heterocycles. The molecule has 1 unspecified atom stereocenters. The van der Waals surface area contributed by atoms with E-state index in [2.05, 4.69) is 0 Å². The summed E-state index contributed by atoms with van der Waals surface area (Å²) in [6.45, 7) is 6.14. The molecule has 5 heteroatoms. The molecule has 0 fully saturated rings. The average Bonchev–Trinajstić information content (AvgIpc) is 2.39. The minimum absolute atomic E-state index is 0.109. The maximum absolute atomic E-state index is 12.2. The summed E-state index contributed by atoms with van der Waals surface area (Å²) in [5.74, 6) is -0.427. The lowest BCUT2D eigenvalue weighted by molar-refractivity contribution is -0.137. The van der Waals surface area contributed by atoms with E-state index >= 15 is 0 Å². The lowest BCUT2D eigenvalue weighted by atomic mass is 9.95. The first kappa shape index (κ1) is 16.2. The van der Waals surface area contributed by atoms with Gasteiger partial charge in [-0.3, -0.25) is 9.59 Å². The summed E-state index contributed by atoms with van der Waals surface area (Å²) in [6.07, 6.45) is 0.0296. The third-order valence-electron chi connectivity index (χ3n) is 3.09. The Balaban J connectivity index is 2.93. The van der Waals surface area contributed by atoms with E-state index < -0.39 is 12.0 Å². The number of carbonyl (C=O) groups is 2. The first-order valence-electron chi connectivity index (χ1n) is 6.62. The van der Waals surface area contributed by atoms with Crippen molar-refractivity contribution in [2.24, 2.45) is 5.73 Å². The van der Waals surface area contributed by atoms with E-state index in [4.69, 9.17) is 15.6 Å². The monoisotopic (exact) mass is 279 g/mol. The average molecular weight is 279 g/mol. The van der Waals surface area contributed by atoms with E-state index in [9.17, 15) is 9.59 Å². The van der Waals surface area contributed by atoms with Gasteiger partial charge in [-0.15, -0.1) is 0 Å². The molecule has 1 aromatic carbocycles. The van der Waals surface area contributed by atoms with E-state index in [0.29, 0.717) is 12.2 Å². The fourth-order valence-electron chi connectivity index (χ4n) is 1.98. The highest BCUT2D eigenvalue weighted by Gasteiger charge is 2.19. The van der Waals surface area contributed by atoms with E-state index in [1.807, 2.05) is 26.8 Å². The van der Waals surface area contributed by atoms with Crippen molar-refractivity contribution in [1.82, 2.24) is 0 Å². The van der Waals surface area contributed by atoms with Crippen LogP contribution >= 0.6 is 0 Å². The Labute approximate surface area is 118 Å². The van der Waals surface area contributed by atoms with Crippen molar-refractivity contribution in [3.8, 4) is 5.75 Å². The van der Waals surface area contributed by atoms with Gasteiger partial charge in [0.25, 0.3) is 0 Å². The molecule has 0 aliphatic rings. The number of nitrogens with two attached hydrogens (primary N) is 1. The molecule has 0 saturated carbocycles. The molecule has 0 aromatic heterocycles. The van der Waals surface area contributed by atoms with E-state index in [-0.39, 0.29) is 18.6 Å². The molecular formula is C15H21NO4. The van der Waals surface area contributed by atoms with Crippen LogP contribution in [0.4, 0.5) is 0 Å². The highest BCUT2D eigenvalue weighted by Crippen LogP contribution is 2.24. The number of hydrogen-bond acceptors (Lipinski definition) is 4. The number of rotatable bonds is 7. The topological polar surface area (TPSA) is 89.6 Å². The molecular weight excluding hydrogens is 258 g/mol. The SMILES string of the molecule is CCOc1cc(C)c(C(=O)C(N)CCC(=O)O)cc1C. The molecule has 0 saturated heterocycles. The van der Waals surface area contributed by atoms with Gasteiger partial charge in [0.15, 0.2) is 5.78 Å². The molecule has 0 radical (unpaired) electrons. The Hall–Kier alpha value is -1.88. The van der Waals surface area contributed by atoms with Crippen LogP contribution in [0.5, 0.6) is 5.75 Å². The first-order chi connectivity index (χ1) is 9.36. The number of Topliss-reactive ketones (excluding diaryl/α,β-unsaturated/α-hetero) is 1. The fourth-order valence-corrected chi connectivity index (χ4v) is 1.98. The third kappa shape index (κ3) is 4.06. The standard InChI is InChI=1S/C15H21NO4/c1-4-20-13-8-9(2)11(7-10(13)3)15(19)12(16)5-6-14(17)18/h7-8,12H,4-6,16H2,1-3H3,(H,17,18). The number of carbonyl (C=O) groups excluding carboxylic acids is 1. The van der Waals surface area contributed by atoms with Gasteiger partial charge in [0, 0.05) is 12.0 Å². The molecule has 110 valence electrons. The van der Waals surface area contributed by atoms with E-state index in [1.54, 1.807) is 6.07 Å². The number of benzene rings is 1. The predicted octanol–water partition coefficient (Wildman–Crippen LogP) is 2.08. The zero-order valence-corrected chi connectivity index (χ0v) is 12.1. The number of hydrogen-bond donors (Lipinski definition) is 2. The molecule has 0 spiro atoms. The highest BCUT2D eigenvalue weighted by molar-refractivity contribution is 6.01. The van der Waals surface area contributed by atoms with Gasteiger partial charge in [0.1, 0.15) is 5.75 Å². The Morgan fingerprint density at radius 1 is 1.30 bits per heavy atom. The second-order valence-corrected chi connectivity index (χ2v) is 4.77. The van der Waals surface area contributed by atoms with Crippen LogP contribution in [-0.4, -0.2) is 29.5 Å².